The van der Waals surface area contributed by atoms with Crippen molar-refractivity contribution in [2.24, 2.45) is 34.8 Å². The molecule has 51 heavy (non-hydrogen) atoms. The number of hydrogen-bond donors (Lipinski definition) is 10. The molecule has 0 radical (unpaired) electrons. The van der Waals surface area contributed by atoms with Gasteiger partial charge in [0.05, 0.1) is 19.0 Å². The summed E-state index contributed by atoms with van der Waals surface area (Å²) in [6.07, 6.45) is 0.234. The second-order valence-corrected chi connectivity index (χ2v) is 13.4. The van der Waals surface area contributed by atoms with Crippen molar-refractivity contribution >= 4 is 65.8 Å². The topological polar surface area (TPSA) is 321 Å². The van der Waals surface area contributed by atoms with Gasteiger partial charge in [0.25, 0.3) is 0 Å². The molecule has 0 bridgehead atoms. The van der Waals surface area contributed by atoms with Crippen molar-refractivity contribution in [2.45, 2.75) is 109 Å². The molecule has 1 fully saturated rings. The zero-order valence-electron chi connectivity index (χ0n) is 29.6. The van der Waals surface area contributed by atoms with Crippen LogP contribution in [0, 0.1) is 11.8 Å². The maximum Gasteiger partial charge on any atom is 0.246 e. The Morgan fingerprint density at radius 3 is 1.88 bits per heavy atom. The molecule has 0 spiro atoms. The van der Waals surface area contributed by atoms with Gasteiger partial charge in [-0.15, -0.1) is 0 Å². The number of amides is 9. The van der Waals surface area contributed by atoms with Crippen molar-refractivity contribution in [1.29, 1.82) is 0 Å². The summed E-state index contributed by atoms with van der Waals surface area (Å²) >= 11 is 4.20. The fraction of sp³-hybridized carbons (Fsp3) is 0.710. The molecule has 0 aromatic heterocycles. The number of likely N-dealkylation sites (tertiary alicyclic amines) is 1. The minimum Gasteiger partial charge on any atom is -0.370 e. The van der Waals surface area contributed by atoms with Crippen LogP contribution in [0.25, 0.3) is 0 Å². The van der Waals surface area contributed by atoms with Crippen LogP contribution in [0.5, 0.6) is 0 Å². The Morgan fingerprint density at radius 2 is 1.35 bits per heavy atom. The maximum absolute atomic E-state index is 13.7. The van der Waals surface area contributed by atoms with E-state index in [2.05, 4.69) is 39.2 Å². The number of carbonyl (C=O) groups is 9. The molecule has 1 aliphatic heterocycles. The van der Waals surface area contributed by atoms with Crippen LogP contribution in [0.4, 0.5) is 0 Å². The van der Waals surface area contributed by atoms with E-state index >= 15 is 0 Å². The van der Waals surface area contributed by atoms with Gasteiger partial charge >= 0.3 is 0 Å². The highest BCUT2D eigenvalue weighted by Gasteiger charge is 2.39. The molecular formula is C31H54N10O9S. The van der Waals surface area contributed by atoms with E-state index in [0.717, 1.165) is 0 Å². The molecule has 9 amide bonds. The monoisotopic (exact) mass is 742 g/mol. The smallest absolute Gasteiger partial charge is 0.246 e. The molecular weight excluding hydrogens is 688 g/mol. The van der Waals surface area contributed by atoms with Crippen LogP contribution in [-0.4, -0.2) is 113 Å². The minimum absolute atomic E-state index is 0.0226. The second kappa shape index (κ2) is 21.7. The number of nitrogens with one attached hydrogen (secondary N) is 5. The zero-order chi connectivity index (χ0) is 39.0. The van der Waals surface area contributed by atoms with Crippen molar-refractivity contribution in [3.05, 3.63) is 0 Å². The third kappa shape index (κ3) is 15.1. The van der Waals surface area contributed by atoms with Crippen LogP contribution < -0.4 is 49.5 Å². The van der Waals surface area contributed by atoms with Crippen LogP contribution in [-0.2, 0) is 43.2 Å². The lowest BCUT2D eigenvalue weighted by molar-refractivity contribution is -0.142. The molecule has 1 saturated heterocycles. The van der Waals surface area contributed by atoms with Gasteiger partial charge < -0.3 is 54.4 Å². The number of carbonyl (C=O) groups excluding carboxylic acids is 9. The second-order valence-electron chi connectivity index (χ2n) is 13.0. The minimum atomic E-state index is -1.62. The van der Waals surface area contributed by atoms with E-state index in [1.165, 1.54) is 4.90 Å². The maximum atomic E-state index is 13.7. The first-order chi connectivity index (χ1) is 23.8. The zero-order valence-corrected chi connectivity index (χ0v) is 30.5. The fourth-order valence-electron chi connectivity index (χ4n) is 5.25. The molecule has 7 atom stereocenters. The highest BCUT2D eigenvalue weighted by Crippen LogP contribution is 2.20. The van der Waals surface area contributed by atoms with Crippen LogP contribution in [0.1, 0.15) is 72.6 Å². The molecule has 288 valence electrons. The number of rotatable bonds is 22. The summed E-state index contributed by atoms with van der Waals surface area (Å²) in [7, 11) is 0. The Labute approximate surface area is 302 Å². The number of thiol groups is 1. The Hall–Kier alpha value is -4.46. The molecule has 0 aromatic carbocycles. The number of nitrogens with zero attached hydrogens (tertiary/aromatic N) is 1. The average Bonchev–Trinajstić information content (AvgIpc) is 3.55. The molecule has 1 rings (SSSR count). The summed E-state index contributed by atoms with van der Waals surface area (Å²) in [4.78, 5) is 115. The van der Waals surface area contributed by atoms with Crippen LogP contribution in [0.15, 0.2) is 0 Å². The normalized spacial score (nSPS) is 17.5. The summed E-state index contributed by atoms with van der Waals surface area (Å²) < 4.78 is 0. The lowest BCUT2D eigenvalue weighted by atomic mass is 9.98. The van der Waals surface area contributed by atoms with Gasteiger partial charge in [0, 0.05) is 18.7 Å². The van der Waals surface area contributed by atoms with E-state index in [9.17, 15) is 43.2 Å². The van der Waals surface area contributed by atoms with Gasteiger partial charge in [0.15, 0.2) is 0 Å². The molecule has 0 saturated carbocycles. The van der Waals surface area contributed by atoms with Gasteiger partial charge in [-0.1, -0.05) is 34.1 Å². The van der Waals surface area contributed by atoms with Crippen molar-refractivity contribution in [3.63, 3.8) is 0 Å². The summed E-state index contributed by atoms with van der Waals surface area (Å²) in [5.74, 6) is -7.57. The first kappa shape index (κ1) is 44.6. The number of primary amides is 3. The Kier molecular flexibility index (Phi) is 19.0. The van der Waals surface area contributed by atoms with E-state index in [1.807, 2.05) is 20.8 Å². The molecule has 13 N–H and O–H groups in total. The standard InChI is InChI=1S/C31H54N10O9S/c1-5-16(4)25(35)30(49)37-17(8-9-22(32)42)27(46)38-19(12-23(33)43)28(47)40-20(14-51)31(50)41-10-6-7-21(41)29(48)39-18(11-15(2)3)26(45)36-13-24(34)44/h15-21,25,51H,5-14,35H2,1-4H3,(H2,32,42)(H2,33,43)(H2,34,44)(H,36,45)(H,37,49)(H,38,46)(H,39,48)(H,40,47)/t16-,17-,18-,19-,20-,21-,25-/m0/s1. The van der Waals surface area contributed by atoms with Gasteiger partial charge in [-0.3, -0.25) is 43.2 Å². The third-order valence-electron chi connectivity index (χ3n) is 8.32. The van der Waals surface area contributed by atoms with Gasteiger partial charge in [-0.2, -0.15) is 12.6 Å². The van der Waals surface area contributed by atoms with Crippen LogP contribution in [0.2, 0.25) is 0 Å². The average molecular weight is 743 g/mol. The SMILES string of the molecule is CC[C@H](C)[C@H](N)C(=O)N[C@@H](CCC(N)=O)C(=O)N[C@@H](CC(N)=O)C(=O)N[C@@H](CS)C(=O)N1CCC[C@H]1C(=O)N[C@@H](CC(C)C)C(=O)NCC(N)=O. The van der Waals surface area contributed by atoms with E-state index < -0.39 is 102 Å². The van der Waals surface area contributed by atoms with E-state index in [0.29, 0.717) is 12.8 Å². The third-order valence-corrected chi connectivity index (χ3v) is 8.69. The lowest BCUT2D eigenvalue weighted by Crippen LogP contribution is -2.60. The highest BCUT2D eigenvalue weighted by molar-refractivity contribution is 7.80. The van der Waals surface area contributed by atoms with Crippen molar-refractivity contribution in [2.75, 3.05) is 18.8 Å². The largest absolute Gasteiger partial charge is 0.370 e. The number of hydrogen-bond acceptors (Lipinski definition) is 11. The molecule has 0 aliphatic carbocycles. The van der Waals surface area contributed by atoms with E-state index in [4.69, 9.17) is 22.9 Å². The van der Waals surface area contributed by atoms with Crippen LogP contribution >= 0.6 is 12.6 Å². The summed E-state index contributed by atoms with van der Waals surface area (Å²) in [6, 6.07) is -7.32. The molecule has 19 nitrogen and oxygen atoms in total. The predicted octanol–water partition coefficient (Wildman–Crippen LogP) is -3.99. The summed E-state index contributed by atoms with van der Waals surface area (Å²) in [5.41, 5.74) is 21.7. The molecule has 0 aromatic rings. The van der Waals surface area contributed by atoms with E-state index in [-0.39, 0.29) is 49.8 Å². The Morgan fingerprint density at radius 1 is 0.765 bits per heavy atom. The fourth-order valence-corrected chi connectivity index (χ4v) is 5.50. The van der Waals surface area contributed by atoms with Crippen molar-refractivity contribution in [3.8, 4) is 0 Å². The van der Waals surface area contributed by atoms with Gasteiger partial charge in [-0.05, 0) is 37.5 Å². The summed E-state index contributed by atoms with van der Waals surface area (Å²) in [5, 5.41) is 12.3. The summed E-state index contributed by atoms with van der Waals surface area (Å²) in [6.45, 7) is 6.95. The van der Waals surface area contributed by atoms with Gasteiger partial charge in [0.2, 0.25) is 53.2 Å². The Balaban J connectivity index is 3.15. The molecule has 1 heterocycles. The number of nitrogens with two attached hydrogens (primary N) is 4. The van der Waals surface area contributed by atoms with Gasteiger partial charge in [0.1, 0.15) is 30.2 Å². The molecule has 1 aliphatic rings. The Bertz CT molecular complexity index is 1300. The highest BCUT2D eigenvalue weighted by atomic mass is 32.1. The lowest BCUT2D eigenvalue weighted by Gasteiger charge is -2.30. The first-order valence-corrected chi connectivity index (χ1v) is 17.5. The molecule has 20 heteroatoms. The molecule has 0 unspecified atom stereocenters. The quantitative estimate of drug-likeness (QED) is 0.0480. The van der Waals surface area contributed by atoms with Crippen molar-refractivity contribution < 1.29 is 43.2 Å². The van der Waals surface area contributed by atoms with Crippen molar-refractivity contribution in [1.82, 2.24) is 31.5 Å². The first-order valence-electron chi connectivity index (χ1n) is 16.8. The van der Waals surface area contributed by atoms with Gasteiger partial charge in [-0.25, -0.2) is 0 Å². The van der Waals surface area contributed by atoms with E-state index in [1.54, 1.807) is 6.92 Å². The predicted molar refractivity (Wildman–Crippen MR) is 188 cm³/mol. The van der Waals surface area contributed by atoms with Crippen LogP contribution in [0.3, 0.4) is 0 Å².